The van der Waals surface area contributed by atoms with Crippen molar-refractivity contribution >= 4 is 23.3 Å². The number of likely N-dealkylation sites (N-methyl/N-ethyl adjacent to an activating group) is 1. The summed E-state index contributed by atoms with van der Waals surface area (Å²) in [5.74, 6) is -1.81. The predicted molar refractivity (Wildman–Crippen MR) is 74.3 cm³/mol. The molecule has 0 unspecified atom stereocenters. The fourth-order valence-electron chi connectivity index (χ4n) is 2.33. The van der Waals surface area contributed by atoms with Gasteiger partial charge in [0.25, 0.3) is 0 Å². The highest BCUT2D eigenvalue weighted by atomic mass is 19.4. The van der Waals surface area contributed by atoms with Crippen molar-refractivity contribution in [3.05, 3.63) is 23.8 Å². The minimum atomic E-state index is -4.39. The van der Waals surface area contributed by atoms with E-state index < -0.39 is 30.9 Å². The van der Waals surface area contributed by atoms with E-state index in [1.807, 2.05) is 4.90 Å². The maximum Gasteiger partial charge on any atom is 0.389 e. The summed E-state index contributed by atoms with van der Waals surface area (Å²) in [7, 11) is 1.77. The van der Waals surface area contributed by atoms with Gasteiger partial charge in [-0.05, 0) is 18.2 Å². The fraction of sp³-hybridized carbons (Fsp3) is 0.429. The second-order valence-corrected chi connectivity index (χ2v) is 5.09. The quantitative estimate of drug-likeness (QED) is 0.931. The summed E-state index contributed by atoms with van der Waals surface area (Å²) in [6.07, 6.45) is -6.23. The van der Waals surface area contributed by atoms with Crippen LogP contribution in [0, 0.1) is 0 Å². The molecule has 0 fully saturated rings. The Kier molecular flexibility index (Phi) is 4.30. The SMILES string of the molecule is CN1CCN(C(=O)CCC(F)(F)F)c2cc(C(=O)O)ccc21. The zero-order valence-electron chi connectivity index (χ0n) is 11.9. The number of anilines is 2. The fourth-order valence-corrected chi connectivity index (χ4v) is 2.33. The van der Waals surface area contributed by atoms with E-state index in [1.165, 1.54) is 17.0 Å². The van der Waals surface area contributed by atoms with Gasteiger partial charge in [0.05, 0.1) is 23.4 Å². The third-order valence-electron chi connectivity index (χ3n) is 3.51. The van der Waals surface area contributed by atoms with Crippen LogP contribution in [0.15, 0.2) is 18.2 Å². The van der Waals surface area contributed by atoms with Crippen LogP contribution in [-0.2, 0) is 4.79 Å². The Labute approximate surface area is 124 Å². The molecule has 5 nitrogen and oxygen atoms in total. The van der Waals surface area contributed by atoms with Crippen molar-refractivity contribution in [1.29, 1.82) is 0 Å². The largest absolute Gasteiger partial charge is 0.478 e. The summed E-state index contributed by atoms with van der Waals surface area (Å²) in [4.78, 5) is 26.1. The lowest BCUT2D eigenvalue weighted by Crippen LogP contribution is -2.43. The number of amides is 1. The van der Waals surface area contributed by atoms with E-state index in [-0.39, 0.29) is 12.1 Å². The molecule has 0 aliphatic carbocycles. The Bertz CT molecular complexity index is 601. The molecule has 1 N–H and O–H groups in total. The standard InChI is InChI=1S/C14H15F3N2O3/c1-18-6-7-19(12(20)4-5-14(15,16)17)11-8-9(13(21)22)2-3-10(11)18/h2-3,8H,4-7H2,1H3,(H,21,22). The molecule has 120 valence electrons. The summed E-state index contributed by atoms with van der Waals surface area (Å²) < 4.78 is 36.8. The van der Waals surface area contributed by atoms with Gasteiger partial charge in [-0.1, -0.05) is 0 Å². The van der Waals surface area contributed by atoms with E-state index in [1.54, 1.807) is 13.1 Å². The number of carbonyl (C=O) groups excluding carboxylic acids is 1. The Morgan fingerprint density at radius 2 is 1.91 bits per heavy atom. The number of hydrogen-bond donors (Lipinski definition) is 1. The maximum absolute atomic E-state index is 12.3. The number of benzene rings is 1. The van der Waals surface area contributed by atoms with Gasteiger partial charge in [-0.3, -0.25) is 4.79 Å². The van der Waals surface area contributed by atoms with Crippen molar-refractivity contribution in [2.75, 3.05) is 29.9 Å². The number of carboxylic acid groups (broad SMARTS) is 1. The number of rotatable bonds is 3. The highest BCUT2D eigenvalue weighted by Gasteiger charge is 2.31. The van der Waals surface area contributed by atoms with Crippen LogP contribution < -0.4 is 9.80 Å². The van der Waals surface area contributed by atoms with E-state index in [2.05, 4.69) is 0 Å². The van der Waals surface area contributed by atoms with E-state index >= 15 is 0 Å². The predicted octanol–water partition coefficient (Wildman–Crippen LogP) is 2.51. The second kappa shape index (κ2) is 5.86. The van der Waals surface area contributed by atoms with Crippen LogP contribution in [0.1, 0.15) is 23.2 Å². The van der Waals surface area contributed by atoms with Crippen LogP contribution in [0.5, 0.6) is 0 Å². The minimum absolute atomic E-state index is 0.0114. The van der Waals surface area contributed by atoms with Crippen LogP contribution in [0.2, 0.25) is 0 Å². The molecule has 1 aromatic carbocycles. The Morgan fingerprint density at radius 1 is 1.23 bits per heavy atom. The summed E-state index contributed by atoms with van der Waals surface area (Å²) in [6, 6.07) is 4.28. The van der Waals surface area contributed by atoms with Gasteiger partial charge >= 0.3 is 12.1 Å². The third kappa shape index (κ3) is 3.49. The lowest BCUT2D eigenvalue weighted by Gasteiger charge is -2.36. The third-order valence-corrected chi connectivity index (χ3v) is 3.51. The molecule has 0 atom stereocenters. The van der Waals surface area contributed by atoms with Crippen LogP contribution in [0.3, 0.4) is 0 Å². The number of hydrogen-bond acceptors (Lipinski definition) is 3. The van der Waals surface area contributed by atoms with Crippen molar-refractivity contribution in [2.24, 2.45) is 0 Å². The molecule has 0 saturated carbocycles. The summed E-state index contributed by atoms with van der Waals surface area (Å²) in [5.41, 5.74) is 0.945. The molecule has 1 amide bonds. The number of nitrogens with zero attached hydrogens (tertiary/aromatic N) is 2. The van der Waals surface area contributed by atoms with Crippen LogP contribution in [0.25, 0.3) is 0 Å². The smallest absolute Gasteiger partial charge is 0.389 e. The lowest BCUT2D eigenvalue weighted by atomic mass is 10.1. The first-order chi connectivity index (χ1) is 10.2. The van der Waals surface area contributed by atoms with E-state index in [0.717, 1.165) is 0 Å². The number of carbonyl (C=O) groups is 2. The molecule has 2 rings (SSSR count). The summed E-state index contributed by atoms with van der Waals surface area (Å²) in [6.45, 7) is 0.695. The molecule has 22 heavy (non-hydrogen) atoms. The topological polar surface area (TPSA) is 60.9 Å². The van der Waals surface area contributed by atoms with Crippen molar-refractivity contribution in [3.63, 3.8) is 0 Å². The van der Waals surface area contributed by atoms with Crippen LogP contribution in [-0.4, -0.2) is 43.3 Å². The van der Waals surface area contributed by atoms with Gasteiger partial charge in [0.2, 0.25) is 5.91 Å². The first-order valence-corrected chi connectivity index (χ1v) is 6.64. The number of carboxylic acids is 1. The Hall–Kier alpha value is -2.25. The van der Waals surface area contributed by atoms with Gasteiger partial charge in [-0.15, -0.1) is 0 Å². The summed E-state index contributed by atoms with van der Waals surface area (Å²) in [5, 5.41) is 9.02. The normalized spacial score (nSPS) is 14.7. The van der Waals surface area contributed by atoms with Gasteiger partial charge in [0, 0.05) is 26.6 Å². The van der Waals surface area contributed by atoms with Crippen molar-refractivity contribution < 1.29 is 27.9 Å². The molecule has 1 aliphatic heterocycles. The number of fused-ring (bicyclic) bond motifs is 1. The zero-order chi connectivity index (χ0) is 16.5. The second-order valence-electron chi connectivity index (χ2n) is 5.09. The molecular weight excluding hydrogens is 301 g/mol. The molecule has 0 saturated heterocycles. The average Bonchev–Trinajstić information content (AvgIpc) is 2.44. The zero-order valence-corrected chi connectivity index (χ0v) is 11.9. The first kappa shape index (κ1) is 16.1. The Balaban J connectivity index is 2.28. The van der Waals surface area contributed by atoms with Gasteiger partial charge in [0.1, 0.15) is 0 Å². The Morgan fingerprint density at radius 3 is 2.50 bits per heavy atom. The van der Waals surface area contributed by atoms with Crippen molar-refractivity contribution in [2.45, 2.75) is 19.0 Å². The lowest BCUT2D eigenvalue weighted by molar-refractivity contribution is -0.143. The molecule has 1 aromatic rings. The highest BCUT2D eigenvalue weighted by molar-refractivity contribution is 6.00. The van der Waals surface area contributed by atoms with Gasteiger partial charge in [0.15, 0.2) is 0 Å². The monoisotopic (exact) mass is 316 g/mol. The molecule has 1 heterocycles. The van der Waals surface area contributed by atoms with Gasteiger partial charge < -0.3 is 14.9 Å². The van der Waals surface area contributed by atoms with E-state index in [0.29, 0.717) is 17.9 Å². The molecule has 0 radical (unpaired) electrons. The molecule has 8 heteroatoms. The molecular formula is C14H15F3N2O3. The number of halogens is 3. The van der Waals surface area contributed by atoms with E-state index in [4.69, 9.17) is 5.11 Å². The molecule has 0 spiro atoms. The molecule has 0 aromatic heterocycles. The van der Waals surface area contributed by atoms with Crippen LogP contribution in [0.4, 0.5) is 24.5 Å². The highest BCUT2D eigenvalue weighted by Crippen LogP contribution is 2.34. The number of aromatic carboxylic acids is 1. The first-order valence-electron chi connectivity index (χ1n) is 6.64. The average molecular weight is 316 g/mol. The van der Waals surface area contributed by atoms with Gasteiger partial charge in [-0.25, -0.2) is 4.79 Å². The van der Waals surface area contributed by atoms with Gasteiger partial charge in [-0.2, -0.15) is 13.2 Å². The molecule has 0 bridgehead atoms. The van der Waals surface area contributed by atoms with Crippen LogP contribution >= 0.6 is 0 Å². The maximum atomic E-state index is 12.3. The minimum Gasteiger partial charge on any atom is -0.478 e. The van der Waals surface area contributed by atoms with Crippen molar-refractivity contribution in [3.8, 4) is 0 Å². The van der Waals surface area contributed by atoms with E-state index in [9.17, 15) is 22.8 Å². The number of alkyl halides is 3. The summed E-state index contributed by atoms with van der Waals surface area (Å²) >= 11 is 0. The molecule has 1 aliphatic rings. The van der Waals surface area contributed by atoms with Crippen molar-refractivity contribution in [1.82, 2.24) is 0 Å².